The van der Waals surface area contributed by atoms with Crippen LogP contribution in [0.4, 0.5) is 0 Å². The van der Waals surface area contributed by atoms with Gasteiger partial charge in [-0.1, -0.05) is 42.0 Å². The van der Waals surface area contributed by atoms with Crippen molar-refractivity contribution in [1.82, 2.24) is 4.57 Å². The molecule has 0 aliphatic carbocycles. The molecule has 7 heteroatoms. The van der Waals surface area contributed by atoms with Gasteiger partial charge in [-0.2, -0.15) is 0 Å². The SMILES string of the molecule is C=CC(c1ccccc1CN)S(=O)(=O)c1c(C)n(CC(=O)O)c2ccc(C)cc12. The van der Waals surface area contributed by atoms with Gasteiger partial charge in [0.2, 0.25) is 0 Å². The van der Waals surface area contributed by atoms with E-state index in [-0.39, 0.29) is 18.0 Å². The molecule has 1 atom stereocenters. The average Bonchev–Trinajstić information content (AvgIpc) is 2.93. The number of hydrogen-bond donors (Lipinski definition) is 2. The maximum absolute atomic E-state index is 13.8. The zero-order valence-electron chi connectivity index (χ0n) is 16.4. The molecule has 0 saturated carbocycles. The number of benzene rings is 2. The van der Waals surface area contributed by atoms with Gasteiger partial charge in [-0.15, -0.1) is 6.58 Å². The molecule has 2 aromatic carbocycles. The molecule has 29 heavy (non-hydrogen) atoms. The van der Waals surface area contributed by atoms with Gasteiger partial charge in [0.15, 0.2) is 9.84 Å². The largest absolute Gasteiger partial charge is 0.480 e. The molecule has 0 aliphatic rings. The third-order valence-corrected chi connectivity index (χ3v) is 7.33. The van der Waals surface area contributed by atoms with Gasteiger partial charge >= 0.3 is 5.97 Å². The van der Waals surface area contributed by atoms with Crippen molar-refractivity contribution in [2.24, 2.45) is 5.73 Å². The van der Waals surface area contributed by atoms with Crippen molar-refractivity contribution in [2.75, 3.05) is 0 Å². The first kappa shape index (κ1) is 20.8. The number of hydrogen-bond acceptors (Lipinski definition) is 4. The molecule has 0 aliphatic heterocycles. The van der Waals surface area contributed by atoms with Crippen LogP contribution < -0.4 is 5.73 Å². The molecule has 1 aromatic heterocycles. The number of fused-ring (bicyclic) bond motifs is 1. The van der Waals surface area contributed by atoms with Gasteiger partial charge < -0.3 is 15.4 Å². The summed E-state index contributed by atoms with van der Waals surface area (Å²) in [5.41, 5.74) is 8.99. The highest BCUT2D eigenvalue weighted by Gasteiger charge is 2.33. The second-order valence-corrected chi connectivity index (χ2v) is 9.03. The zero-order chi connectivity index (χ0) is 21.3. The fraction of sp³-hybridized carbons (Fsp3) is 0.227. The molecule has 1 unspecified atom stereocenters. The maximum atomic E-state index is 13.8. The maximum Gasteiger partial charge on any atom is 0.323 e. The molecule has 3 rings (SSSR count). The summed E-state index contributed by atoms with van der Waals surface area (Å²) in [6.07, 6.45) is 1.40. The Bertz CT molecular complexity index is 1210. The van der Waals surface area contributed by atoms with Crippen LogP contribution in [0.3, 0.4) is 0 Å². The Kier molecular flexibility index (Phi) is 5.64. The Morgan fingerprint density at radius 1 is 1.24 bits per heavy atom. The van der Waals surface area contributed by atoms with Gasteiger partial charge in [0.05, 0.1) is 10.4 Å². The molecule has 3 N–H and O–H groups in total. The Morgan fingerprint density at radius 3 is 2.55 bits per heavy atom. The van der Waals surface area contributed by atoms with Crippen molar-refractivity contribution in [2.45, 2.75) is 37.1 Å². The second-order valence-electron chi connectivity index (χ2n) is 7.02. The Balaban J connectivity index is 2.33. The first-order valence-electron chi connectivity index (χ1n) is 9.18. The van der Waals surface area contributed by atoms with Crippen LogP contribution in [0, 0.1) is 13.8 Å². The van der Waals surface area contributed by atoms with Gasteiger partial charge in [-0.3, -0.25) is 4.79 Å². The van der Waals surface area contributed by atoms with Crippen LogP contribution in [-0.2, 0) is 27.7 Å². The Hall–Kier alpha value is -2.90. The normalized spacial score (nSPS) is 12.8. The summed E-state index contributed by atoms with van der Waals surface area (Å²) in [5, 5.41) is 8.84. The smallest absolute Gasteiger partial charge is 0.323 e. The second kappa shape index (κ2) is 7.85. The lowest BCUT2D eigenvalue weighted by Crippen LogP contribution is -2.16. The quantitative estimate of drug-likeness (QED) is 0.578. The van der Waals surface area contributed by atoms with E-state index in [1.165, 1.54) is 10.6 Å². The number of rotatable bonds is 7. The molecule has 3 aromatic rings. The van der Waals surface area contributed by atoms with Gasteiger partial charge in [0, 0.05) is 17.6 Å². The van der Waals surface area contributed by atoms with Crippen LogP contribution in [-0.4, -0.2) is 24.1 Å². The average molecular weight is 413 g/mol. The highest BCUT2D eigenvalue weighted by atomic mass is 32.2. The number of carboxylic acids is 1. The predicted octanol–water partition coefficient (Wildman–Crippen LogP) is 3.50. The Morgan fingerprint density at radius 2 is 1.93 bits per heavy atom. The fourth-order valence-electron chi connectivity index (χ4n) is 3.81. The number of carbonyl (C=O) groups is 1. The number of carboxylic acid groups (broad SMARTS) is 1. The molecular formula is C22H24N2O4S. The van der Waals surface area contributed by atoms with Crippen LogP contribution in [0.25, 0.3) is 10.9 Å². The zero-order valence-corrected chi connectivity index (χ0v) is 17.2. The summed E-state index contributed by atoms with van der Waals surface area (Å²) in [6.45, 7) is 7.16. The summed E-state index contributed by atoms with van der Waals surface area (Å²) in [5.74, 6) is -1.04. The number of nitrogens with zero attached hydrogens (tertiary/aromatic N) is 1. The van der Waals surface area contributed by atoms with Gasteiger partial charge in [-0.05, 0) is 37.1 Å². The van der Waals surface area contributed by atoms with Crippen molar-refractivity contribution in [3.05, 3.63) is 77.5 Å². The number of nitrogens with two attached hydrogens (primary N) is 1. The highest BCUT2D eigenvalue weighted by Crippen LogP contribution is 2.39. The van der Waals surface area contributed by atoms with Crippen LogP contribution in [0.5, 0.6) is 0 Å². The van der Waals surface area contributed by atoms with E-state index in [4.69, 9.17) is 5.73 Å². The third kappa shape index (κ3) is 3.59. The third-order valence-electron chi connectivity index (χ3n) is 5.13. The van der Waals surface area contributed by atoms with Crippen LogP contribution in [0.2, 0.25) is 0 Å². The lowest BCUT2D eigenvalue weighted by Gasteiger charge is -2.18. The van der Waals surface area contributed by atoms with E-state index in [2.05, 4.69) is 6.58 Å². The molecule has 0 spiro atoms. The lowest BCUT2D eigenvalue weighted by molar-refractivity contribution is -0.137. The Labute approximate surface area is 170 Å². The topological polar surface area (TPSA) is 102 Å². The van der Waals surface area contributed by atoms with Crippen LogP contribution >= 0.6 is 0 Å². The highest BCUT2D eigenvalue weighted by molar-refractivity contribution is 7.92. The van der Waals surface area contributed by atoms with E-state index >= 15 is 0 Å². The fourth-order valence-corrected chi connectivity index (χ4v) is 5.87. The van der Waals surface area contributed by atoms with Crippen molar-refractivity contribution in [3.8, 4) is 0 Å². The monoisotopic (exact) mass is 412 g/mol. The van der Waals surface area contributed by atoms with Gasteiger partial charge in [-0.25, -0.2) is 8.42 Å². The summed E-state index contributed by atoms with van der Waals surface area (Å²) in [6, 6.07) is 12.5. The van der Waals surface area contributed by atoms with Gasteiger partial charge in [0.25, 0.3) is 0 Å². The van der Waals surface area contributed by atoms with E-state index in [1.807, 2.05) is 19.1 Å². The lowest BCUT2D eigenvalue weighted by atomic mass is 10.0. The number of aromatic nitrogens is 1. The van der Waals surface area contributed by atoms with Gasteiger partial charge in [0.1, 0.15) is 11.8 Å². The van der Waals surface area contributed by atoms with Crippen LogP contribution in [0.1, 0.15) is 27.6 Å². The minimum atomic E-state index is -3.91. The minimum Gasteiger partial charge on any atom is -0.480 e. The number of aliphatic carboxylic acids is 1. The van der Waals surface area contributed by atoms with Crippen molar-refractivity contribution in [1.29, 1.82) is 0 Å². The minimum absolute atomic E-state index is 0.133. The molecule has 0 bridgehead atoms. The standard InChI is InChI=1S/C22H24N2O4S/c1-4-20(17-8-6-5-7-16(17)12-23)29(27,28)22-15(3)24(13-21(25)26)19-10-9-14(2)11-18(19)22/h4-11,20H,1,12-13,23H2,2-3H3,(H,25,26). The summed E-state index contributed by atoms with van der Waals surface area (Å²) >= 11 is 0. The summed E-state index contributed by atoms with van der Waals surface area (Å²) in [4.78, 5) is 11.5. The first-order chi connectivity index (χ1) is 13.7. The predicted molar refractivity (Wildman–Crippen MR) is 114 cm³/mol. The molecule has 152 valence electrons. The summed E-state index contributed by atoms with van der Waals surface area (Å²) < 4.78 is 29.1. The van der Waals surface area contributed by atoms with Crippen LogP contribution in [0.15, 0.2) is 60.0 Å². The molecule has 0 radical (unpaired) electrons. The molecule has 6 nitrogen and oxygen atoms in total. The summed E-state index contributed by atoms with van der Waals surface area (Å²) in [7, 11) is -3.91. The number of aryl methyl sites for hydroxylation is 1. The van der Waals surface area contributed by atoms with Crippen molar-refractivity contribution >= 4 is 26.7 Å². The first-order valence-corrected chi connectivity index (χ1v) is 10.7. The van der Waals surface area contributed by atoms with E-state index in [9.17, 15) is 18.3 Å². The molecule has 0 saturated heterocycles. The molecule has 0 amide bonds. The molecular weight excluding hydrogens is 388 g/mol. The molecule has 1 heterocycles. The number of sulfone groups is 1. The van der Waals surface area contributed by atoms with E-state index in [1.54, 1.807) is 37.3 Å². The van der Waals surface area contributed by atoms with Crippen molar-refractivity contribution < 1.29 is 18.3 Å². The van der Waals surface area contributed by atoms with E-state index < -0.39 is 21.1 Å². The van der Waals surface area contributed by atoms with E-state index in [0.29, 0.717) is 22.2 Å². The molecule has 0 fully saturated rings. The van der Waals surface area contributed by atoms with Crippen molar-refractivity contribution in [3.63, 3.8) is 0 Å². The van der Waals surface area contributed by atoms with E-state index in [0.717, 1.165) is 11.1 Å².